The summed E-state index contributed by atoms with van der Waals surface area (Å²) >= 11 is -1.18. The molecule has 66 valence electrons. The molecule has 1 nitrogen and oxygen atoms in total. The zero-order valence-electron chi connectivity index (χ0n) is 7.82. The standard InChI is InChI=1S/C10H15AsO/c1-9(2)12-11(3)10-7-5-4-6-8-10/h4-9H,1-3H3. The predicted octanol–water partition coefficient (Wildman–Crippen LogP) is 1.94. The van der Waals surface area contributed by atoms with Crippen molar-refractivity contribution in [3.8, 4) is 0 Å². The third-order valence-corrected chi connectivity index (χ3v) is 5.19. The number of benzene rings is 1. The van der Waals surface area contributed by atoms with E-state index in [-0.39, 0.29) is 0 Å². The third-order valence-electron chi connectivity index (χ3n) is 1.49. The molecular formula is C10H15AsO. The Morgan fingerprint density at radius 1 is 1.17 bits per heavy atom. The third kappa shape index (κ3) is 3.00. The van der Waals surface area contributed by atoms with Gasteiger partial charge in [-0.15, -0.1) is 0 Å². The van der Waals surface area contributed by atoms with Gasteiger partial charge in [0, 0.05) is 0 Å². The topological polar surface area (TPSA) is 9.23 Å². The molecule has 1 aromatic rings. The first-order valence-corrected chi connectivity index (χ1v) is 7.74. The molecule has 0 amide bonds. The first kappa shape index (κ1) is 9.82. The van der Waals surface area contributed by atoms with Gasteiger partial charge in [0.2, 0.25) is 0 Å². The molecule has 0 aliphatic carbocycles. The Kier molecular flexibility index (Phi) is 3.84. The average Bonchev–Trinajstić information content (AvgIpc) is 2.05. The van der Waals surface area contributed by atoms with Gasteiger partial charge in [-0.3, -0.25) is 0 Å². The molecule has 0 heterocycles. The second-order valence-corrected chi connectivity index (χ2v) is 6.60. The van der Waals surface area contributed by atoms with Crippen molar-refractivity contribution in [3.05, 3.63) is 30.3 Å². The Bertz CT molecular complexity index is 221. The predicted molar refractivity (Wildman–Crippen MR) is 53.9 cm³/mol. The fraction of sp³-hybridized carbons (Fsp3) is 0.400. The van der Waals surface area contributed by atoms with Crippen LogP contribution in [0.15, 0.2) is 30.3 Å². The molecule has 0 saturated heterocycles. The second kappa shape index (κ2) is 4.69. The summed E-state index contributed by atoms with van der Waals surface area (Å²) in [5.74, 6) is 0. The maximum atomic E-state index is 5.78. The van der Waals surface area contributed by atoms with Crippen molar-refractivity contribution >= 4 is 19.3 Å². The zero-order chi connectivity index (χ0) is 8.97. The average molecular weight is 226 g/mol. The Balaban J connectivity index is 2.59. The minimum atomic E-state index is -1.18. The molecule has 0 aromatic heterocycles. The monoisotopic (exact) mass is 226 g/mol. The molecule has 0 spiro atoms. The number of hydrogen-bond donors (Lipinski definition) is 0. The molecule has 2 heteroatoms. The van der Waals surface area contributed by atoms with Crippen LogP contribution >= 0.6 is 0 Å². The fourth-order valence-electron chi connectivity index (χ4n) is 1.02. The molecule has 0 aliphatic heterocycles. The van der Waals surface area contributed by atoms with Gasteiger partial charge in [0.15, 0.2) is 0 Å². The van der Waals surface area contributed by atoms with Crippen molar-refractivity contribution in [1.29, 1.82) is 0 Å². The van der Waals surface area contributed by atoms with E-state index < -0.39 is 15.0 Å². The summed E-state index contributed by atoms with van der Waals surface area (Å²) < 4.78 is 7.17. The Morgan fingerprint density at radius 3 is 2.25 bits per heavy atom. The molecule has 0 N–H and O–H groups in total. The van der Waals surface area contributed by atoms with Crippen LogP contribution in [0.5, 0.6) is 0 Å². The van der Waals surface area contributed by atoms with E-state index in [1.807, 2.05) is 6.07 Å². The van der Waals surface area contributed by atoms with Crippen LogP contribution < -0.4 is 4.35 Å². The van der Waals surface area contributed by atoms with Crippen molar-refractivity contribution in [1.82, 2.24) is 0 Å². The Morgan fingerprint density at radius 2 is 1.75 bits per heavy atom. The summed E-state index contributed by atoms with van der Waals surface area (Å²) in [6.45, 7) is 4.18. The first-order valence-electron chi connectivity index (χ1n) is 4.15. The van der Waals surface area contributed by atoms with Crippen LogP contribution in [0.1, 0.15) is 13.8 Å². The van der Waals surface area contributed by atoms with Gasteiger partial charge in [-0.2, -0.15) is 0 Å². The van der Waals surface area contributed by atoms with Crippen LogP contribution in [0, 0.1) is 0 Å². The summed E-state index contributed by atoms with van der Waals surface area (Å²) in [6.07, 6.45) is 0.357. The van der Waals surface area contributed by atoms with Crippen LogP contribution in [0.3, 0.4) is 0 Å². The summed E-state index contributed by atoms with van der Waals surface area (Å²) in [4.78, 5) is 0. The maximum absolute atomic E-state index is 5.78. The van der Waals surface area contributed by atoms with E-state index in [9.17, 15) is 0 Å². The molecule has 0 bridgehead atoms. The molecule has 1 rings (SSSR count). The van der Waals surface area contributed by atoms with Crippen molar-refractivity contribution in [2.45, 2.75) is 25.7 Å². The fourth-order valence-corrected chi connectivity index (χ4v) is 3.84. The van der Waals surface area contributed by atoms with E-state index in [1.54, 1.807) is 0 Å². The van der Waals surface area contributed by atoms with Gasteiger partial charge in [0.05, 0.1) is 0 Å². The zero-order valence-corrected chi connectivity index (χ0v) is 9.70. The van der Waals surface area contributed by atoms with Crippen LogP contribution in [-0.4, -0.2) is 21.1 Å². The van der Waals surface area contributed by atoms with Crippen molar-refractivity contribution in [2.24, 2.45) is 0 Å². The van der Waals surface area contributed by atoms with Crippen LogP contribution in [0.4, 0.5) is 0 Å². The van der Waals surface area contributed by atoms with Gasteiger partial charge >= 0.3 is 79.1 Å². The van der Waals surface area contributed by atoms with Crippen molar-refractivity contribution in [3.63, 3.8) is 0 Å². The van der Waals surface area contributed by atoms with E-state index in [0.29, 0.717) is 6.10 Å². The van der Waals surface area contributed by atoms with Gasteiger partial charge in [-0.25, -0.2) is 0 Å². The van der Waals surface area contributed by atoms with Gasteiger partial charge < -0.3 is 0 Å². The van der Waals surface area contributed by atoms with Crippen LogP contribution in [0.2, 0.25) is 5.71 Å². The Hall–Kier alpha value is -0.262. The molecule has 1 atom stereocenters. The van der Waals surface area contributed by atoms with E-state index >= 15 is 0 Å². The van der Waals surface area contributed by atoms with Gasteiger partial charge in [-0.05, 0) is 0 Å². The molecule has 0 aliphatic rings. The molecule has 1 unspecified atom stereocenters. The number of hydrogen-bond acceptors (Lipinski definition) is 1. The summed E-state index contributed by atoms with van der Waals surface area (Å²) in [7, 11) is 0. The van der Waals surface area contributed by atoms with Gasteiger partial charge in [-0.1, -0.05) is 0 Å². The van der Waals surface area contributed by atoms with Crippen molar-refractivity contribution in [2.75, 3.05) is 0 Å². The summed E-state index contributed by atoms with van der Waals surface area (Å²) in [5.41, 5.74) is 2.22. The SMILES string of the molecule is CC(C)O[As](C)c1ccccc1. The molecular weight excluding hydrogens is 211 g/mol. The normalized spacial score (nSPS) is 13.3. The summed E-state index contributed by atoms with van der Waals surface area (Å²) in [5, 5.41) is 0. The quantitative estimate of drug-likeness (QED) is 0.715. The van der Waals surface area contributed by atoms with Gasteiger partial charge in [0.25, 0.3) is 0 Å². The van der Waals surface area contributed by atoms with Crippen LogP contribution in [-0.2, 0) is 3.73 Å². The molecule has 0 radical (unpaired) electrons. The first-order chi connectivity index (χ1) is 5.70. The van der Waals surface area contributed by atoms with E-state index in [2.05, 4.69) is 43.8 Å². The summed E-state index contributed by atoms with van der Waals surface area (Å²) in [6, 6.07) is 10.5. The van der Waals surface area contributed by atoms with Crippen LogP contribution in [0.25, 0.3) is 0 Å². The molecule has 12 heavy (non-hydrogen) atoms. The number of rotatable bonds is 3. The minimum absolute atomic E-state index is 0.357. The van der Waals surface area contributed by atoms with E-state index in [4.69, 9.17) is 3.73 Å². The molecule has 0 saturated carbocycles. The van der Waals surface area contributed by atoms with Gasteiger partial charge in [0.1, 0.15) is 0 Å². The van der Waals surface area contributed by atoms with E-state index in [0.717, 1.165) is 0 Å². The Labute approximate surface area is 79.4 Å². The van der Waals surface area contributed by atoms with E-state index in [1.165, 1.54) is 4.35 Å². The van der Waals surface area contributed by atoms with Crippen molar-refractivity contribution < 1.29 is 3.73 Å². The second-order valence-electron chi connectivity index (χ2n) is 2.99. The molecule has 0 fully saturated rings. The molecule has 1 aromatic carbocycles.